The number of aryl methyl sites for hydroxylation is 3. The maximum Gasteiger partial charge on any atom is 0.267 e. The predicted octanol–water partition coefficient (Wildman–Crippen LogP) is 4.70. The van der Waals surface area contributed by atoms with Crippen molar-refractivity contribution in [2.45, 2.75) is 39.7 Å². The molecule has 3 rings (SSSR count). The van der Waals surface area contributed by atoms with E-state index in [1.165, 1.54) is 5.56 Å². The smallest absolute Gasteiger partial charge is 0.267 e. The molecule has 2 aromatic carbocycles. The number of nitrogens with zero attached hydrogens (tertiary/aromatic N) is 1. The normalized spacial score (nSPS) is 14.9. The van der Waals surface area contributed by atoms with Crippen LogP contribution in [0.15, 0.2) is 36.4 Å². The van der Waals surface area contributed by atoms with E-state index < -0.39 is 6.10 Å². The van der Waals surface area contributed by atoms with E-state index in [0.29, 0.717) is 5.75 Å². The fraction of sp³-hybridized carbons (Fsp3) is 0.350. The molecular weight excluding hydrogens is 322 g/mol. The van der Waals surface area contributed by atoms with Crippen molar-refractivity contribution in [1.82, 2.24) is 0 Å². The van der Waals surface area contributed by atoms with E-state index in [-0.39, 0.29) is 5.91 Å². The highest BCUT2D eigenvalue weighted by molar-refractivity contribution is 6.32. The van der Waals surface area contributed by atoms with Crippen LogP contribution in [0.3, 0.4) is 0 Å². The first-order valence-electron chi connectivity index (χ1n) is 8.30. The zero-order valence-corrected chi connectivity index (χ0v) is 15.1. The number of amides is 1. The third-order valence-corrected chi connectivity index (χ3v) is 5.04. The number of carbonyl (C=O) groups is 1. The molecule has 0 aliphatic carbocycles. The van der Waals surface area contributed by atoms with Gasteiger partial charge in [0.25, 0.3) is 5.91 Å². The topological polar surface area (TPSA) is 29.5 Å². The van der Waals surface area contributed by atoms with Crippen LogP contribution in [0.1, 0.15) is 30.0 Å². The maximum absolute atomic E-state index is 12.9. The standard InChI is InChI=1S/C20H22ClNO2/c1-13-11-17(12-14(2)19(13)21)24-15(3)20(23)22-10-6-8-16-7-4-5-9-18(16)22/h4-5,7,9,11-12,15H,6,8,10H2,1-3H3. The fourth-order valence-electron chi connectivity index (χ4n) is 3.21. The van der Waals surface area contributed by atoms with E-state index in [2.05, 4.69) is 6.07 Å². The van der Waals surface area contributed by atoms with Gasteiger partial charge in [-0.05, 0) is 68.5 Å². The molecule has 0 N–H and O–H groups in total. The number of fused-ring (bicyclic) bond motifs is 1. The Morgan fingerprint density at radius 3 is 2.58 bits per heavy atom. The minimum Gasteiger partial charge on any atom is -0.481 e. The van der Waals surface area contributed by atoms with Gasteiger partial charge in [0.05, 0.1) is 0 Å². The van der Waals surface area contributed by atoms with Gasteiger partial charge in [-0.2, -0.15) is 0 Å². The summed E-state index contributed by atoms with van der Waals surface area (Å²) in [6, 6.07) is 11.8. The van der Waals surface area contributed by atoms with E-state index in [9.17, 15) is 4.79 Å². The van der Waals surface area contributed by atoms with Crippen LogP contribution in [-0.4, -0.2) is 18.6 Å². The number of rotatable bonds is 3. The number of benzene rings is 2. The van der Waals surface area contributed by atoms with Gasteiger partial charge in [0.15, 0.2) is 6.10 Å². The molecule has 1 heterocycles. The number of halogens is 1. The second-order valence-electron chi connectivity index (χ2n) is 6.35. The quantitative estimate of drug-likeness (QED) is 0.808. The molecule has 0 fully saturated rings. The number of ether oxygens (including phenoxy) is 1. The summed E-state index contributed by atoms with van der Waals surface area (Å²) in [6.45, 7) is 6.42. The molecule has 1 aliphatic rings. The van der Waals surface area contributed by atoms with Crippen molar-refractivity contribution in [2.24, 2.45) is 0 Å². The highest BCUT2D eigenvalue weighted by Gasteiger charge is 2.27. The van der Waals surface area contributed by atoms with Gasteiger partial charge in [-0.15, -0.1) is 0 Å². The van der Waals surface area contributed by atoms with Crippen molar-refractivity contribution >= 4 is 23.2 Å². The molecule has 3 nitrogen and oxygen atoms in total. The van der Waals surface area contributed by atoms with Gasteiger partial charge < -0.3 is 9.64 Å². The van der Waals surface area contributed by atoms with Crippen LogP contribution >= 0.6 is 11.6 Å². The highest BCUT2D eigenvalue weighted by Crippen LogP contribution is 2.29. The molecule has 24 heavy (non-hydrogen) atoms. The zero-order valence-electron chi connectivity index (χ0n) is 14.3. The van der Waals surface area contributed by atoms with E-state index in [1.54, 1.807) is 6.92 Å². The molecule has 4 heteroatoms. The Morgan fingerprint density at radius 1 is 1.21 bits per heavy atom. The van der Waals surface area contributed by atoms with Crippen LogP contribution in [-0.2, 0) is 11.2 Å². The number of carbonyl (C=O) groups excluding carboxylic acids is 1. The molecule has 1 amide bonds. The van der Waals surface area contributed by atoms with Gasteiger partial charge in [-0.3, -0.25) is 4.79 Å². The summed E-state index contributed by atoms with van der Waals surface area (Å²) in [5.74, 6) is 0.674. The zero-order chi connectivity index (χ0) is 17.3. The van der Waals surface area contributed by atoms with Crippen molar-refractivity contribution in [2.75, 3.05) is 11.4 Å². The molecule has 0 saturated heterocycles. The fourth-order valence-corrected chi connectivity index (χ4v) is 3.32. The minimum atomic E-state index is -0.545. The van der Waals surface area contributed by atoms with Gasteiger partial charge >= 0.3 is 0 Å². The SMILES string of the molecule is Cc1cc(OC(C)C(=O)N2CCCc3ccccc32)cc(C)c1Cl. The molecule has 126 valence electrons. The van der Waals surface area contributed by atoms with Gasteiger partial charge in [0.2, 0.25) is 0 Å². The van der Waals surface area contributed by atoms with Crippen LogP contribution in [0.2, 0.25) is 5.02 Å². The van der Waals surface area contributed by atoms with E-state index in [0.717, 1.165) is 41.2 Å². The Balaban J connectivity index is 1.79. The third-order valence-electron chi connectivity index (χ3n) is 4.45. The molecule has 1 aliphatic heterocycles. The first-order valence-corrected chi connectivity index (χ1v) is 8.68. The number of hydrogen-bond acceptors (Lipinski definition) is 2. The monoisotopic (exact) mass is 343 g/mol. The maximum atomic E-state index is 12.9. The van der Waals surface area contributed by atoms with E-state index in [4.69, 9.17) is 16.3 Å². The predicted molar refractivity (Wildman–Crippen MR) is 98.1 cm³/mol. The number of anilines is 1. The molecule has 0 saturated carbocycles. The molecule has 1 unspecified atom stereocenters. The molecule has 0 spiro atoms. The summed E-state index contributed by atoms with van der Waals surface area (Å²) in [5.41, 5.74) is 4.14. The van der Waals surface area contributed by atoms with Gasteiger partial charge in [0.1, 0.15) is 5.75 Å². The van der Waals surface area contributed by atoms with Crippen molar-refractivity contribution in [3.63, 3.8) is 0 Å². The van der Waals surface area contributed by atoms with Crippen molar-refractivity contribution in [1.29, 1.82) is 0 Å². The van der Waals surface area contributed by atoms with Crippen LogP contribution < -0.4 is 9.64 Å². The molecule has 0 bridgehead atoms. The summed E-state index contributed by atoms with van der Waals surface area (Å²) < 4.78 is 5.91. The minimum absolute atomic E-state index is 0.00703. The number of hydrogen-bond donors (Lipinski definition) is 0. The lowest BCUT2D eigenvalue weighted by Crippen LogP contribution is -2.43. The Bertz CT molecular complexity index is 749. The Kier molecular flexibility index (Phi) is 4.81. The average Bonchev–Trinajstić information content (AvgIpc) is 2.58. The van der Waals surface area contributed by atoms with Crippen LogP contribution in [0.25, 0.3) is 0 Å². The molecule has 2 aromatic rings. The average molecular weight is 344 g/mol. The Labute approximate surface area is 148 Å². The second-order valence-corrected chi connectivity index (χ2v) is 6.73. The summed E-state index contributed by atoms with van der Waals surface area (Å²) in [7, 11) is 0. The number of para-hydroxylation sites is 1. The highest BCUT2D eigenvalue weighted by atomic mass is 35.5. The lowest BCUT2D eigenvalue weighted by molar-refractivity contribution is -0.124. The largest absolute Gasteiger partial charge is 0.481 e. The van der Waals surface area contributed by atoms with E-state index >= 15 is 0 Å². The van der Waals surface area contributed by atoms with Gasteiger partial charge in [-0.25, -0.2) is 0 Å². The van der Waals surface area contributed by atoms with Crippen molar-refractivity contribution in [3.05, 3.63) is 58.1 Å². The first kappa shape index (κ1) is 16.8. The van der Waals surface area contributed by atoms with Crippen LogP contribution in [0.4, 0.5) is 5.69 Å². The molecule has 0 radical (unpaired) electrons. The summed E-state index contributed by atoms with van der Waals surface area (Å²) >= 11 is 6.20. The summed E-state index contributed by atoms with van der Waals surface area (Å²) in [5, 5.41) is 0.742. The summed E-state index contributed by atoms with van der Waals surface area (Å²) in [4.78, 5) is 14.7. The lowest BCUT2D eigenvalue weighted by atomic mass is 10.0. The van der Waals surface area contributed by atoms with Gasteiger partial charge in [0, 0.05) is 17.3 Å². The van der Waals surface area contributed by atoms with Crippen molar-refractivity contribution < 1.29 is 9.53 Å². The third kappa shape index (κ3) is 3.27. The second kappa shape index (κ2) is 6.86. The first-order chi connectivity index (χ1) is 11.5. The van der Waals surface area contributed by atoms with Crippen LogP contribution in [0, 0.1) is 13.8 Å². The Morgan fingerprint density at radius 2 is 1.88 bits per heavy atom. The van der Waals surface area contributed by atoms with Crippen LogP contribution in [0.5, 0.6) is 5.75 Å². The lowest BCUT2D eigenvalue weighted by Gasteiger charge is -2.31. The Hall–Kier alpha value is -2.00. The molecule has 0 aromatic heterocycles. The summed E-state index contributed by atoms with van der Waals surface area (Å²) in [6.07, 6.45) is 1.45. The van der Waals surface area contributed by atoms with Gasteiger partial charge in [-0.1, -0.05) is 29.8 Å². The molecular formula is C20H22ClNO2. The van der Waals surface area contributed by atoms with E-state index in [1.807, 2.05) is 49.1 Å². The molecule has 1 atom stereocenters. The van der Waals surface area contributed by atoms with Crippen molar-refractivity contribution in [3.8, 4) is 5.75 Å².